The van der Waals surface area contributed by atoms with E-state index in [0.717, 1.165) is 10.9 Å². The molecule has 1 unspecified atom stereocenters. The Morgan fingerprint density at radius 2 is 2.00 bits per heavy atom. The van der Waals surface area contributed by atoms with E-state index in [4.69, 9.17) is 25.5 Å². The van der Waals surface area contributed by atoms with Crippen LogP contribution in [0.5, 0.6) is 11.5 Å². The fraction of sp³-hybridized carbons (Fsp3) is 0.292. The third-order valence-corrected chi connectivity index (χ3v) is 5.46. The third-order valence-electron chi connectivity index (χ3n) is 5.22. The molecule has 4 aromatic rings. The number of benzene rings is 2. The summed E-state index contributed by atoms with van der Waals surface area (Å²) in [6.07, 6.45) is 1.50. The molecule has 33 heavy (non-hydrogen) atoms. The maximum absolute atomic E-state index is 12.1. The van der Waals surface area contributed by atoms with Gasteiger partial charge in [0.25, 0.3) is 0 Å². The van der Waals surface area contributed by atoms with Crippen molar-refractivity contribution in [3.05, 3.63) is 80.9 Å². The summed E-state index contributed by atoms with van der Waals surface area (Å²) in [5.74, 6) is 1.14. The van der Waals surface area contributed by atoms with Crippen LogP contribution in [-0.4, -0.2) is 32.8 Å². The molecule has 0 aliphatic carbocycles. The highest BCUT2D eigenvalue weighted by atomic mass is 35.5. The highest BCUT2D eigenvalue weighted by molar-refractivity contribution is 6.30. The molecule has 2 heterocycles. The second-order valence-electron chi connectivity index (χ2n) is 7.65. The molecule has 0 aliphatic rings. The number of aromatic nitrogens is 3. The van der Waals surface area contributed by atoms with Crippen LogP contribution in [0, 0.1) is 6.92 Å². The maximum Gasteiger partial charge on any atom is 0.339 e. The van der Waals surface area contributed by atoms with Crippen molar-refractivity contribution in [1.82, 2.24) is 15.0 Å². The second-order valence-corrected chi connectivity index (χ2v) is 8.08. The van der Waals surface area contributed by atoms with Crippen LogP contribution in [0.3, 0.4) is 0 Å². The first kappa shape index (κ1) is 22.8. The molecule has 0 bridgehead atoms. The Hall–Kier alpha value is -3.36. The van der Waals surface area contributed by atoms with Crippen LogP contribution in [0.25, 0.3) is 11.0 Å². The normalized spacial score (nSPS) is 12.1. The van der Waals surface area contributed by atoms with E-state index in [1.165, 1.54) is 4.68 Å². The van der Waals surface area contributed by atoms with E-state index in [1.54, 1.807) is 42.6 Å². The zero-order valence-corrected chi connectivity index (χ0v) is 19.1. The van der Waals surface area contributed by atoms with Gasteiger partial charge >= 0.3 is 5.63 Å². The zero-order valence-electron chi connectivity index (χ0n) is 18.3. The van der Waals surface area contributed by atoms with Gasteiger partial charge in [-0.3, -0.25) is 0 Å². The standard InChI is InChI=1S/C24H24ClN3O5/c1-3-21-15(2)22-8-7-20(10-23(22)33-24(21)30)32-14-18(29)12-28-11-17(26-27-28)13-31-19-6-4-5-16(25)9-19/h4-11,18,29H,3,12-14H2,1-2H3. The second kappa shape index (κ2) is 10.1. The summed E-state index contributed by atoms with van der Waals surface area (Å²) in [6.45, 7) is 4.30. The summed E-state index contributed by atoms with van der Waals surface area (Å²) in [6, 6.07) is 12.4. The summed E-state index contributed by atoms with van der Waals surface area (Å²) in [7, 11) is 0. The Morgan fingerprint density at radius 1 is 1.18 bits per heavy atom. The molecule has 172 valence electrons. The number of aliphatic hydroxyl groups excluding tert-OH is 1. The number of aryl methyl sites for hydroxylation is 1. The lowest BCUT2D eigenvalue weighted by atomic mass is 10.0. The number of fused-ring (bicyclic) bond motifs is 1. The molecule has 9 heteroatoms. The number of hydrogen-bond acceptors (Lipinski definition) is 7. The summed E-state index contributed by atoms with van der Waals surface area (Å²) in [4.78, 5) is 12.1. The Balaban J connectivity index is 1.32. The first-order valence-corrected chi connectivity index (χ1v) is 10.9. The molecule has 2 aromatic heterocycles. The maximum atomic E-state index is 12.1. The van der Waals surface area contributed by atoms with Crippen molar-refractivity contribution in [2.24, 2.45) is 0 Å². The smallest absolute Gasteiger partial charge is 0.339 e. The Morgan fingerprint density at radius 3 is 2.79 bits per heavy atom. The summed E-state index contributed by atoms with van der Waals surface area (Å²) < 4.78 is 18.3. The summed E-state index contributed by atoms with van der Waals surface area (Å²) >= 11 is 5.95. The molecule has 0 fully saturated rings. The number of ether oxygens (including phenoxy) is 2. The molecule has 1 atom stereocenters. The van der Waals surface area contributed by atoms with Gasteiger partial charge in [0.1, 0.15) is 42.1 Å². The van der Waals surface area contributed by atoms with Gasteiger partial charge in [-0.2, -0.15) is 0 Å². The van der Waals surface area contributed by atoms with E-state index in [2.05, 4.69) is 10.3 Å². The average molecular weight is 470 g/mol. The predicted octanol–water partition coefficient (Wildman–Crippen LogP) is 3.93. The van der Waals surface area contributed by atoms with Crippen molar-refractivity contribution in [3.8, 4) is 11.5 Å². The molecule has 4 rings (SSSR count). The third kappa shape index (κ3) is 5.53. The van der Waals surface area contributed by atoms with Crippen LogP contribution in [0.2, 0.25) is 5.02 Å². The molecule has 8 nitrogen and oxygen atoms in total. The van der Waals surface area contributed by atoms with Crippen molar-refractivity contribution >= 4 is 22.6 Å². The fourth-order valence-electron chi connectivity index (χ4n) is 3.54. The van der Waals surface area contributed by atoms with Gasteiger partial charge in [-0.25, -0.2) is 9.48 Å². The number of aliphatic hydroxyl groups is 1. The van der Waals surface area contributed by atoms with Gasteiger partial charge in [-0.05, 0) is 49.2 Å². The number of halogens is 1. The molecule has 0 radical (unpaired) electrons. The number of rotatable bonds is 9. The van der Waals surface area contributed by atoms with Crippen molar-refractivity contribution in [2.75, 3.05) is 6.61 Å². The van der Waals surface area contributed by atoms with Crippen molar-refractivity contribution < 1.29 is 19.0 Å². The van der Waals surface area contributed by atoms with E-state index in [9.17, 15) is 9.90 Å². The molecule has 2 aromatic carbocycles. The van der Waals surface area contributed by atoms with Crippen LogP contribution in [0.4, 0.5) is 0 Å². The van der Waals surface area contributed by atoms with Gasteiger partial charge in [0.2, 0.25) is 0 Å². The molecule has 0 amide bonds. The number of hydrogen-bond donors (Lipinski definition) is 1. The highest BCUT2D eigenvalue weighted by Gasteiger charge is 2.13. The minimum absolute atomic E-state index is 0.0377. The quantitative estimate of drug-likeness (QED) is 0.371. The van der Waals surface area contributed by atoms with E-state index < -0.39 is 6.10 Å². The first-order chi connectivity index (χ1) is 15.9. The zero-order chi connectivity index (χ0) is 23.4. The molecule has 0 spiro atoms. The van der Waals surface area contributed by atoms with Gasteiger partial charge < -0.3 is 19.0 Å². The fourth-order valence-corrected chi connectivity index (χ4v) is 3.72. The van der Waals surface area contributed by atoms with Crippen LogP contribution in [0.1, 0.15) is 23.7 Å². The largest absolute Gasteiger partial charge is 0.491 e. The van der Waals surface area contributed by atoms with Crippen LogP contribution < -0.4 is 15.1 Å². The SMILES string of the molecule is CCc1c(C)c2ccc(OCC(O)Cn3cc(COc4cccc(Cl)c4)nn3)cc2oc1=O. The van der Waals surface area contributed by atoms with E-state index in [0.29, 0.717) is 39.8 Å². The molecule has 0 saturated heterocycles. The monoisotopic (exact) mass is 469 g/mol. The highest BCUT2D eigenvalue weighted by Crippen LogP contribution is 2.24. The van der Waals surface area contributed by atoms with E-state index in [1.807, 2.05) is 19.9 Å². The van der Waals surface area contributed by atoms with Crippen molar-refractivity contribution in [2.45, 2.75) is 39.5 Å². The minimum Gasteiger partial charge on any atom is -0.491 e. The van der Waals surface area contributed by atoms with E-state index >= 15 is 0 Å². The average Bonchev–Trinajstić information content (AvgIpc) is 3.23. The summed E-state index contributed by atoms with van der Waals surface area (Å²) in [5.41, 5.74) is 2.34. The molecule has 0 saturated carbocycles. The van der Waals surface area contributed by atoms with Crippen molar-refractivity contribution in [1.29, 1.82) is 0 Å². The first-order valence-electron chi connectivity index (χ1n) is 10.6. The lowest BCUT2D eigenvalue weighted by Crippen LogP contribution is -2.24. The van der Waals surface area contributed by atoms with Gasteiger partial charge in [-0.15, -0.1) is 5.10 Å². The molecular weight excluding hydrogens is 446 g/mol. The number of nitrogens with zero attached hydrogens (tertiary/aromatic N) is 3. The van der Waals surface area contributed by atoms with Crippen LogP contribution >= 0.6 is 11.6 Å². The molecule has 0 aliphatic heterocycles. The predicted molar refractivity (Wildman–Crippen MR) is 124 cm³/mol. The van der Waals surface area contributed by atoms with Gasteiger partial charge in [0.15, 0.2) is 0 Å². The Kier molecular flexibility index (Phi) is 6.96. The Labute approximate surface area is 195 Å². The lowest BCUT2D eigenvalue weighted by Gasteiger charge is -2.13. The van der Waals surface area contributed by atoms with Gasteiger partial charge in [0, 0.05) is 22.0 Å². The topological polar surface area (TPSA) is 99.6 Å². The lowest BCUT2D eigenvalue weighted by molar-refractivity contribution is 0.0888. The minimum atomic E-state index is -0.819. The molecular formula is C24H24ClN3O5. The summed E-state index contributed by atoms with van der Waals surface area (Å²) in [5, 5.41) is 19.9. The van der Waals surface area contributed by atoms with Gasteiger partial charge in [0.05, 0.1) is 12.7 Å². The van der Waals surface area contributed by atoms with E-state index in [-0.39, 0.29) is 25.4 Å². The van der Waals surface area contributed by atoms with Crippen molar-refractivity contribution in [3.63, 3.8) is 0 Å². The molecule has 1 N–H and O–H groups in total. The van der Waals surface area contributed by atoms with Gasteiger partial charge in [-0.1, -0.05) is 29.8 Å². The van der Waals surface area contributed by atoms with Crippen LogP contribution in [-0.2, 0) is 19.6 Å². The Bertz CT molecular complexity index is 1320. The van der Waals surface area contributed by atoms with Crippen LogP contribution in [0.15, 0.2) is 57.9 Å².